The number of para-hydroxylation sites is 2. The highest BCUT2D eigenvalue weighted by atomic mass is 35.5. The van der Waals surface area contributed by atoms with Crippen LogP contribution in [0.25, 0.3) is 15.9 Å². The molecule has 0 atom stereocenters. The number of fused-ring (bicyclic) bond motifs is 1. The summed E-state index contributed by atoms with van der Waals surface area (Å²) in [4.78, 5) is 28.0. The van der Waals surface area contributed by atoms with Crippen LogP contribution in [0.15, 0.2) is 60.7 Å². The van der Waals surface area contributed by atoms with Crippen LogP contribution in [-0.4, -0.2) is 34.8 Å². The molecule has 4 rings (SSSR count). The number of thiophene rings is 1. The van der Waals surface area contributed by atoms with Gasteiger partial charge >= 0.3 is 5.97 Å². The molecule has 0 fully saturated rings. The van der Waals surface area contributed by atoms with E-state index in [-0.39, 0.29) is 13.0 Å². The second-order valence-corrected chi connectivity index (χ2v) is 8.58. The fourth-order valence-electron chi connectivity index (χ4n) is 3.38. The number of nitriles is 1. The van der Waals surface area contributed by atoms with Crippen LogP contribution in [0.2, 0.25) is 5.02 Å². The molecule has 4 aromatic rings. The highest BCUT2D eigenvalue weighted by molar-refractivity contribution is 7.20. The minimum Gasteiger partial charge on any atom is -0.451 e. The highest BCUT2D eigenvalue weighted by Gasteiger charge is 2.21. The number of carbonyl (C=O) groups is 2. The molecule has 7 nitrogen and oxygen atoms in total. The summed E-state index contributed by atoms with van der Waals surface area (Å²) in [6.07, 6.45) is 0.169. The second kappa shape index (κ2) is 9.86. The molecule has 0 spiro atoms. The summed E-state index contributed by atoms with van der Waals surface area (Å²) in [5, 5.41) is 14.8. The van der Waals surface area contributed by atoms with E-state index in [0.29, 0.717) is 21.3 Å². The molecule has 0 radical (unpaired) electrons. The Balaban J connectivity index is 1.52. The topological polar surface area (TPSA) is 88.2 Å². The lowest BCUT2D eigenvalue weighted by Gasteiger charge is -2.21. The molecule has 1 amide bonds. The van der Waals surface area contributed by atoms with Gasteiger partial charge in [-0.25, -0.2) is 9.48 Å². The lowest BCUT2D eigenvalue weighted by atomic mass is 10.2. The van der Waals surface area contributed by atoms with Crippen LogP contribution in [0.4, 0.5) is 5.69 Å². The van der Waals surface area contributed by atoms with Crippen LogP contribution in [0.1, 0.15) is 21.8 Å². The molecule has 0 aliphatic carbocycles. The zero-order chi connectivity index (χ0) is 23.4. The van der Waals surface area contributed by atoms with Crippen molar-refractivity contribution in [3.05, 3.63) is 76.3 Å². The number of aryl methyl sites for hydroxylation is 1. The van der Waals surface area contributed by atoms with E-state index in [1.165, 1.54) is 16.2 Å². The van der Waals surface area contributed by atoms with Crippen LogP contribution in [0.3, 0.4) is 0 Å². The minimum atomic E-state index is -0.594. The van der Waals surface area contributed by atoms with Crippen molar-refractivity contribution in [2.24, 2.45) is 0 Å². The molecule has 2 heterocycles. The predicted octanol–water partition coefficient (Wildman–Crippen LogP) is 5.15. The number of aromatic nitrogens is 2. The van der Waals surface area contributed by atoms with E-state index in [1.807, 2.05) is 37.3 Å². The van der Waals surface area contributed by atoms with Crippen molar-refractivity contribution >= 4 is 50.7 Å². The average Bonchev–Trinajstić information content (AvgIpc) is 3.39. The van der Waals surface area contributed by atoms with Gasteiger partial charge in [0.25, 0.3) is 5.91 Å². The third-order valence-electron chi connectivity index (χ3n) is 4.97. The summed E-state index contributed by atoms with van der Waals surface area (Å²) in [5.41, 5.74) is 2.11. The zero-order valence-electron chi connectivity index (χ0n) is 17.7. The summed E-state index contributed by atoms with van der Waals surface area (Å²) in [7, 11) is 0. The maximum absolute atomic E-state index is 12.8. The van der Waals surface area contributed by atoms with E-state index in [4.69, 9.17) is 21.6 Å². The van der Waals surface area contributed by atoms with E-state index < -0.39 is 18.5 Å². The minimum absolute atomic E-state index is 0.169. The smallest absolute Gasteiger partial charge is 0.348 e. The number of anilines is 1. The van der Waals surface area contributed by atoms with Gasteiger partial charge in [-0.1, -0.05) is 41.9 Å². The number of nitrogens with zero attached hydrogens (tertiary/aromatic N) is 4. The number of ether oxygens (including phenoxy) is 1. The van der Waals surface area contributed by atoms with E-state index >= 15 is 0 Å². The van der Waals surface area contributed by atoms with Gasteiger partial charge < -0.3 is 9.64 Å². The van der Waals surface area contributed by atoms with Gasteiger partial charge in [-0.2, -0.15) is 10.4 Å². The Morgan fingerprint density at radius 2 is 1.91 bits per heavy atom. The number of halogens is 1. The third-order valence-corrected chi connectivity index (χ3v) is 6.38. The fraction of sp³-hybridized carbons (Fsp3) is 0.167. The van der Waals surface area contributed by atoms with Crippen LogP contribution >= 0.6 is 22.9 Å². The van der Waals surface area contributed by atoms with Gasteiger partial charge in [-0.15, -0.1) is 11.3 Å². The monoisotopic (exact) mass is 478 g/mol. The molecule has 2 aromatic carbocycles. The van der Waals surface area contributed by atoms with E-state index in [2.05, 4.69) is 5.10 Å². The van der Waals surface area contributed by atoms with Crippen molar-refractivity contribution in [2.75, 3.05) is 18.1 Å². The molecule has 166 valence electrons. The molecule has 0 N–H and O–H groups in total. The largest absolute Gasteiger partial charge is 0.451 e. The van der Waals surface area contributed by atoms with Crippen molar-refractivity contribution in [1.29, 1.82) is 5.26 Å². The number of carbonyl (C=O) groups excluding carboxylic acids is 2. The normalized spacial score (nSPS) is 10.7. The Bertz CT molecular complexity index is 1360. The lowest BCUT2D eigenvalue weighted by molar-refractivity contribution is -0.121. The zero-order valence-corrected chi connectivity index (χ0v) is 19.3. The second-order valence-electron chi connectivity index (χ2n) is 7.14. The molecule has 33 heavy (non-hydrogen) atoms. The van der Waals surface area contributed by atoms with Crippen LogP contribution in [0, 0.1) is 18.3 Å². The molecule has 0 unspecified atom stereocenters. The number of rotatable bonds is 7. The number of hydrogen-bond acceptors (Lipinski definition) is 6. The number of benzene rings is 2. The first kappa shape index (κ1) is 22.5. The molecule has 0 aliphatic rings. The van der Waals surface area contributed by atoms with Gasteiger partial charge in [0.15, 0.2) is 6.61 Å². The highest BCUT2D eigenvalue weighted by Crippen LogP contribution is 2.32. The maximum Gasteiger partial charge on any atom is 0.348 e. The molecule has 0 saturated heterocycles. The molecule has 0 bridgehead atoms. The van der Waals surface area contributed by atoms with Crippen molar-refractivity contribution < 1.29 is 14.3 Å². The van der Waals surface area contributed by atoms with Crippen LogP contribution in [-0.2, 0) is 9.53 Å². The average molecular weight is 479 g/mol. The summed E-state index contributed by atoms with van der Waals surface area (Å²) in [6, 6.07) is 20.1. The summed E-state index contributed by atoms with van der Waals surface area (Å²) in [5.74, 6) is -0.993. The summed E-state index contributed by atoms with van der Waals surface area (Å²) < 4.78 is 7.03. The third kappa shape index (κ3) is 4.75. The Morgan fingerprint density at radius 3 is 2.64 bits per heavy atom. The van der Waals surface area contributed by atoms with Gasteiger partial charge in [-0.3, -0.25) is 4.79 Å². The van der Waals surface area contributed by atoms with Crippen molar-refractivity contribution in [1.82, 2.24) is 9.78 Å². The first-order chi connectivity index (χ1) is 16.0. The summed E-state index contributed by atoms with van der Waals surface area (Å²) >= 11 is 7.55. The molecule has 0 saturated carbocycles. The van der Waals surface area contributed by atoms with E-state index in [0.717, 1.165) is 15.9 Å². The van der Waals surface area contributed by atoms with Crippen molar-refractivity contribution in [3.8, 4) is 11.8 Å². The molecular formula is C24H19ClN4O3S. The molecule has 9 heteroatoms. The van der Waals surface area contributed by atoms with Gasteiger partial charge in [0.1, 0.15) is 9.71 Å². The first-order valence-corrected chi connectivity index (χ1v) is 11.3. The quantitative estimate of drug-likeness (QED) is 0.342. The first-order valence-electron chi connectivity index (χ1n) is 10.1. The standard InChI is InChI=1S/C24H19ClN4O3S/c1-16-18-14-21(33-23(18)29(27-16)20-11-6-5-10-19(20)25)24(31)32-15-22(30)28(13-7-12-26)17-8-3-2-4-9-17/h2-6,8-11,14H,7,13,15H2,1H3. The Kier molecular flexibility index (Phi) is 6.73. The Labute approximate surface area is 199 Å². The lowest BCUT2D eigenvalue weighted by Crippen LogP contribution is -2.35. The van der Waals surface area contributed by atoms with Gasteiger partial charge in [0, 0.05) is 17.6 Å². The van der Waals surface area contributed by atoms with E-state index in [1.54, 1.807) is 41.1 Å². The van der Waals surface area contributed by atoms with Gasteiger partial charge in [0.2, 0.25) is 0 Å². The Hall–Kier alpha value is -3.67. The van der Waals surface area contributed by atoms with Crippen molar-refractivity contribution in [2.45, 2.75) is 13.3 Å². The SMILES string of the molecule is Cc1nn(-c2ccccc2Cl)c2sc(C(=O)OCC(=O)N(CCC#N)c3ccccc3)cc12. The van der Waals surface area contributed by atoms with Crippen molar-refractivity contribution in [3.63, 3.8) is 0 Å². The maximum atomic E-state index is 12.8. The molecular weight excluding hydrogens is 460 g/mol. The fourth-order valence-corrected chi connectivity index (χ4v) is 4.66. The summed E-state index contributed by atoms with van der Waals surface area (Å²) in [6.45, 7) is 1.64. The van der Waals surface area contributed by atoms with Gasteiger partial charge in [0.05, 0.1) is 28.9 Å². The van der Waals surface area contributed by atoms with Crippen LogP contribution < -0.4 is 4.90 Å². The molecule has 0 aliphatic heterocycles. The predicted molar refractivity (Wildman–Crippen MR) is 128 cm³/mol. The number of amides is 1. The number of hydrogen-bond donors (Lipinski definition) is 0. The Morgan fingerprint density at radius 1 is 1.18 bits per heavy atom. The molecule has 2 aromatic heterocycles. The number of esters is 1. The van der Waals surface area contributed by atoms with E-state index in [9.17, 15) is 9.59 Å². The van der Waals surface area contributed by atoms with Crippen LogP contribution in [0.5, 0.6) is 0 Å². The van der Waals surface area contributed by atoms with Gasteiger partial charge in [-0.05, 0) is 37.3 Å².